The number of hydrogen-bond acceptors (Lipinski definition) is 3. The van der Waals surface area contributed by atoms with E-state index in [1.807, 2.05) is 11.8 Å². The van der Waals surface area contributed by atoms with Gasteiger partial charge in [-0.1, -0.05) is 31.2 Å². The van der Waals surface area contributed by atoms with Crippen molar-refractivity contribution >= 4 is 11.8 Å². The highest BCUT2D eigenvalue weighted by molar-refractivity contribution is 7.98. The third-order valence-corrected chi connectivity index (χ3v) is 5.19. The van der Waals surface area contributed by atoms with E-state index in [9.17, 15) is 5.26 Å². The fourth-order valence-electron chi connectivity index (χ4n) is 2.49. The quantitative estimate of drug-likeness (QED) is 0.788. The predicted molar refractivity (Wildman–Crippen MR) is 86.7 cm³/mol. The zero-order valence-electron chi connectivity index (χ0n) is 12.5. The second kappa shape index (κ2) is 7.15. The second-order valence-electron chi connectivity index (χ2n) is 5.70. The number of rotatable bonds is 8. The van der Waals surface area contributed by atoms with E-state index in [-0.39, 0.29) is 5.54 Å². The third-order valence-electron chi connectivity index (χ3n) is 4.01. The van der Waals surface area contributed by atoms with Gasteiger partial charge in [0.15, 0.2) is 0 Å². The molecule has 1 aromatic carbocycles. The van der Waals surface area contributed by atoms with Crippen LogP contribution in [-0.4, -0.2) is 17.8 Å². The highest BCUT2D eigenvalue weighted by Gasteiger charge is 2.45. The van der Waals surface area contributed by atoms with Crippen LogP contribution in [0, 0.1) is 24.2 Å². The van der Waals surface area contributed by atoms with Crippen molar-refractivity contribution < 1.29 is 0 Å². The number of aryl methyl sites for hydroxylation is 1. The Morgan fingerprint density at radius 1 is 1.40 bits per heavy atom. The maximum atomic E-state index is 9.64. The van der Waals surface area contributed by atoms with Crippen LogP contribution in [0.4, 0.5) is 0 Å². The van der Waals surface area contributed by atoms with Crippen LogP contribution in [0.25, 0.3) is 0 Å². The summed E-state index contributed by atoms with van der Waals surface area (Å²) in [5, 5.41) is 13.2. The number of nitrogens with one attached hydrogen (secondary N) is 1. The van der Waals surface area contributed by atoms with E-state index < -0.39 is 0 Å². The van der Waals surface area contributed by atoms with Gasteiger partial charge in [-0.25, -0.2) is 0 Å². The topological polar surface area (TPSA) is 35.8 Å². The lowest BCUT2D eigenvalue weighted by molar-refractivity contribution is 0.405. The van der Waals surface area contributed by atoms with Gasteiger partial charge >= 0.3 is 0 Å². The smallest absolute Gasteiger partial charge is 0.118 e. The van der Waals surface area contributed by atoms with Crippen molar-refractivity contribution in [2.24, 2.45) is 5.92 Å². The first-order chi connectivity index (χ1) is 9.72. The molecule has 0 spiro atoms. The van der Waals surface area contributed by atoms with Gasteiger partial charge < -0.3 is 0 Å². The molecule has 1 aromatic rings. The van der Waals surface area contributed by atoms with Gasteiger partial charge in [-0.15, -0.1) is 0 Å². The number of thioether (sulfide) groups is 1. The summed E-state index contributed by atoms with van der Waals surface area (Å²) >= 11 is 1.89. The van der Waals surface area contributed by atoms with Crippen LogP contribution in [0.3, 0.4) is 0 Å². The highest BCUT2D eigenvalue weighted by atomic mass is 32.2. The van der Waals surface area contributed by atoms with Gasteiger partial charge in [-0.05, 0) is 49.8 Å². The minimum atomic E-state index is -0.302. The van der Waals surface area contributed by atoms with Crippen molar-refractivity contribution in [2.45, 2.75) is 44.4 Å². The Hall–Kier alpha value is -0.980. The van der Waals surface area contributed by atoms with Crippen molar-refractivity contribution in [3.8, 4) is 6.07 Å². The average molecular weight is 288 g/mol. The Bertz CT molecular complexity index is 476. The Morgan fingerprint density at radius 3 is 2.75 bits per heavy atom. The molecule has 1 aliphatic rings. The van der Waals surface area contributed by atoms with Crippen molar-refractivity contribution in [3.63, 3.8) is 0 Å². The predicted octanol–water partition coefficient (Wildman–Crippen LogP) is 3.90. The Balaban J connectivity index is 1.92. The minimum Gasteiger partial charge on any atom is -0.298 e. The summed E-state index contributed by atoms with van der Waals surface area (Å²) in [6, 6.07) is 11.1. The van der Waals surface area contributed by atoms with Gasteiger partial charge in [0.05, 0.1) is 6.07 Å². The monoisotopic (exact) mass is 288 g/mol. The third kappa shape index (κ3) is 3.77. The molecule has 0 radical (unpaired) electrons. The first-order valence-electron chi connectivity index (χ1n) is 7.50. The number of benzene rings is 1. The van der Waals surface area contributed by atoms with Crippen molar-refractivity contribution in [1.82, 2.24) is 5.32 Å². The van der Waals surface area contributed by atoms with Crippen LogP contribution in [0.5, 0.6) is 0 Å². The molecule has 1 N–H and O–H groups in total. The number of nitrogens with zero attached hydrogens (tertiary/aromatic N) is 1. The second-order valence-corrected chi connectivity index (χ2v) is 6.69. The fourth-order valence-corrected chi connectivity index (χ4v) is 3.86. The molecule has 0 bridgehead atoms. The first-order valence-corrected chi connectivity index (χ1v) is 8.66. The van der Waals surface area contributed by atoms with E-state index >= 15 is 0 Å². The molecule has 1 fully saturated rings. The molecule has 1 aliphatic carbocycles. The molecular weight excluding hydrogens is 264 g/mol. The van der Waals surface area contributed by atoms with Gasteiger partial charge in [0.2, 0.25) is 0 Å². The van der Waals surface area contributed by atoms with E-state index in [2.05, 4.69) is 49.5 Å². The molecule has 1 saturated carbocycles. The van der Waals surface area contributed by atoms with E-state index in [1.165, 1.54) is 24.0 Å². The number of nitriles is 1. The van der Waals surface area contributed by atoms with Crippen LogP contribution < -0.4 is 5.32 Å². The summed E-state index contributed by atoms with van der Waals surface area (Å²) < 4.78 is 0. The number of hydrogen-bond donors (Lipinski definition) is 1. The summed E-state index contributed by atoms with van der Waals surface area (Å²) in [4.78, 5) is 0. The van der Waals surface area contributed by atoms with Crippen molar-refractivity contribution in [3.05, 3.63) is 35.4 Å². The van der Waals surface area contributed by atoms with E-state index in [0.29, 0.717) is 5.92 Å². The summed E-state index contributed by atoms with van der Waals surface area (Å²) in [5.41, 5.74) is 2.43. The van der Waals surface area contributed by atoms with E-state index in [1.54, 1.807) is 0 Å². The maximum absolute atomic E-state index is 9.64. The Labute approximate surface area is 127 Å². The van der Waals surface area contributed by atoms with E-state index in [4.69, 9.17) is 0 Å². The summed E-state index contributed by atoms with van der Waals surface area (Å²) in [5.74, 6) is 2.45. The fraction of sp³-hybridized carbons (Fsp3) is 0.588. The van der Waals surface area contributed by atoms with Gasteiger partial charge in [-0.3, -0.25) is 5.32 Å². The highest BCUT2D eigenvalue weighted by Crippen LogP contribution is 2.41. The molecule has 2 rings (SSSR count). The lowest BCUT2D eigenvalue weighted by Crippen LogP contribution is -2.48. The molecule has 0 heterocycles. The largest absolute Gasteiger partial charge is 0.298 e. The van der Waals surface area contributed by atoms with Gasteiger partial charge in [0.1, 0.15) is 5.54 Å². The van der Waals surface area contributed by atoms with Gasteiger partial charge in [0.25, 0.3) is 0 Å². The Kier molecular flexibility index (Phi) is 5.51. The maximum Gasteiger partial charge on any atom is 0.118 e. The molecule has 1 unspecified atom stereocenters. The molecule has 0 saturated heterocycles. The van der Waals surface area contributed by atoms with Crippen LogP contribution in [0.2, 0.25) is 0 Å². The minimum absolute atomic E-state index is 0.302. The molecule has 3 heteroatoms. The summed E-state index contributed by atoms with van der Waals surface area (Å²) in [7, 11) is 0. The van der Waals surface area contributed by atoms with Gasteiger partial charge in [0, 0.05) is 11.5 Å². The molecule has 0 aliphatic heterocycles. The normalized spacial score (nSPS) is 17.4. The zero-order valence-corrected chi connectivity index (χ0v) is 13.3. The SMILES string of the molecule is CCCNC(C#N)(CSCc1ccccc1C)C1CC1. The van der Waals surface area contributed by atoms with Crippen molar-refractivity contribution in [2.75, 3.05) is 12.3 Å². The van der Waals surface area contributed by atoms with Gasteiger partial charge in [-0.2, -0.15) is 17.0 Å². The van der Waals surface area contributed by atoms with Crippen LogP contribution in [0.15, 0.2) is 24.3 Å². The lowest BCUT2D eigenvalue weighted by Gasteiger charge is -2.27. The molecule has 0 aromatic heterocycles. The van der Waals surface area contributed by atoms with Crippen LogP contribution in [-0.2, 0) is 5.75 Å². The molecule has 2 nitrogen and oxygen atoms in total. The first kappa shape index (κ1) is 15.4. The summed E-state index contributed by atoms with van der Waals surface area (Å²) in [6.07, 6.45) is 3.49. The summed E-state index contributed by atoms with van der Waals surface area (Å²) in [6.45, 7) is 5.25. The molecule has 20 heavy (non-hydrogen) atoms. The molecule has 0 amide bonds. The average Bonchev–Trinajstić information content (AvgIpc) is 3.30. The van der Waals surface area contributed by atoms with Crippen LogP contribution in [0.1, 0.15) is 37.3 Å². The standard InChI is InChI=1S/C17H24N2S/c1-3-10-19-17(12-18,16-8-9-16)13-20-11-15-7-5-4-6-14(15)2/h4-7,16,19H,3,8-11,13H2,1-2H3. The molecular formula is C17H24N2S. The lowest BCUT2D eigenvalue weighted by atomic mass is 9.97. The zero-order chi connectivity index (χ0) is 14.4. The van der Waals surface area contributed by atoms with Crippen LogP contribution >= 0.6 is 11.8 Å². The van der Waals surface area contributed by atoms with Crippen molar-refractivity contribution in [1.29, 1.82) is 5.26 Å². The molecule has 108 valence electrons. The Morgan fingerprint density at radius 2 is 2.15 bits per heavy atom. The molecule has 1 atom stereocenters. The van der Waals surface area contributed by atoms with E-state index in [0.717, 1.165) is 24.5 Å².